The quantitative estimate of drug-likeness (QED) is 0.360. The first-order valence-electron chi connectivity index (χ1n) is 9.99. The molecule has 1 fully saturated rings. The van der Waals surface area contributed by atoms with Crippen LogP contribution < -0.4 is 32.3 Å². The molecule has 0 amide bonds. The van der Waals surface area contributed by atoms with Crippen LogP contribution in [0.2, 0.25) is 0 Å². The van der Waals surface area contributed by atoms with Crippen molar-refractivity contribution in [2.75, 3.05) is 52.4 Å². The van der Waals surface area contributed by atoms with Crippen molar-refractivity contribution in [1.29, 1.82) is 0 Å². The van der Waals surface area contributed by atoms with Crippen molar-refractivity contribution in [2.24, 2.45) is 5.73 Å². The molecule has 0 aromatic heterocycles. The fraction of sp³-hybridized carbons (Fsp3) is 0.650. The van der Waals surface area contributed by atoms with Gasteiger partial charge in [0.05, 0.1) is 5.56 Å². The summed E-state index contributed by atoms with van der Waals surface area (Å²) in [5.74, 6) is -0.900. The topological polar surface area (TPSA) is 123 Å². The lowest BCUT2D eigenvalue weighted by molar-refractivity contribution is 0.0697. The normalized spacial score (nSPS) is 28.4. The zero-order valence-corrected chi connectivity index (χ0v) is 17.1. The highest BCUT2D eigenvalue weighted by molar-refractivity contribution is 5.87. The fourth-order valence-electron chi connectivity index (χ4n) is 3.16. The van der Waals surface area contributed by atoms with Crippen LogP contribution in [-0.2, 0) is 6.54 Å². The molecule has 0 aliphatic carbocycles. The molecule has 0 atom stereocenters. The predicted octanol–water partition coefficient (Wildman–Crippen LogP) is -0.677. The second-order valence-electron chi connectivity index (χ2n) is 8.28. The van der Waals surface area contributed by atoms with Crippen LogP contribution in [0.25, 0.3) is 0 Å². The second kappa shape index (κ2) is 10.8. The van der Waals surface area contributed by atoms with E-state index in [1.807, 2.05) is 12.1 Å². The number of nitrogens with two attached hydrogens (primary N) is 1. The van der Waals surface area contributed by atoms with Gasteiger partial charge in [0, 0.05) is 70.0 Å². The standard InChI is InChI=1S/C20H36N6O2/c1-19(21)12-22-7-9-24-14-20(2,15-25-10-8-23-13-19)26-11-16-3-5-17(6-4-16)18(27)28/h3-6,22-26H,7-15,21H2,1-2H3,(H,27,28). The summed E-state index contributed by atoms with van der Waals surface area (Å²) in [5, 5.41) is 26.5. The van der Waals surface area contributed by atoms with Crippen LogP contribution in [0.3, 0.4) is 0 Å². The molecule has 1 aliphatic rings. The first-order chi connectivity index (χ1) is 13.3. The Labute approximate surface area is 168 Å². The molecule has 8 N–H and O–H groups in total. The molecule has 2 rings (SSSR count). The monoisotopic (exact) mass is 392 g/mol. The molecule has 28 heavy (non-hydrogen) atoms. The molecule has 1 saturated heterocycles. The molecule has 8 nitrogen and oxygen atoms in total. The highest BCUT2D eigenvalue weighted by Gasteiger charge is 2.23. The van der Waals surface area contributed by atoms with E-state index in [1.165, 1.54) is 0 Å². The van der Waals surface area contributed by atoms with Gasteiger partial charge in [-0.05, 0) is 31.5 Å². The average Bonchev–Trinajstić information content (AvgIpc) is 2.65. The van der Waals surface area contributed by atoms with Crippen LogP contribution in [0, 0.1) is 0 Å². The van der Waals surface area contributed by atoms with E-state index in [1.54, 1.807) is 12.1 Å². The first kappa shape index (κ1) is 22.7. The highest BCUT2D eigenvalue weighted by atomic mass is 16.4. The molecule has 1 aromatic rings. The first-order valence-corrected chi connectivity index (χ1v) is 9.99. The Hall–Kier alpha value is -1.55. The van der Waals surface area contributed by atoms with Gasteiger partial charge in [0.25, 0.3) is 0 Å². The van der Waals surface area contributed by atoms with Crippen molar-refractivity contribution in [3.63, 3.8) is 0 Å². The third-order valence-corrected chi connectivity index (χ3v) is 4.97. The number of rotatable bonds is 4. The molecule has 1 aliphatic heterocycles. The Bertz CT molecular complexity index is 587. The van der Waals surface area contributed by atoms with Gasteiger partial charge in [-0.25, -0.2) is 4.79 Å². The van der Waals surface area contributed by atoms with Crippen LogP contribution in [0.5, 0.6) is 0 Å². The molecule has 158 valence electrons. The van der Waals surface area contributed by atoms with Crippen LogP contribution >= 0.6 is 0 Å². The number of aromatic carboxylic acids is 1. The van der Waals surface area contributed by atoms with Crippen molar-refractivity contribution >= 4 is 5.97 Å². The van der Waals surface area contributed by atoms with Gasteiger partial charge in [0.1, 0.15) is 0 Å². The van der Waals surface area contributed by atoms with Crippen LogP contribution in [0.4, 0.5) is 0 Å². The highest BCUT2D eigenvalue weighted by Crippen LogP contribution is 2.08. The van der Waals surface area contributed by atoms with E-state index in [0.717, 1.165) is 57.9 Å². The Kier molecular flexibility index (Phi) is 8.81. The number of carboxylic acids is 1. The third kappa shape index (κ3) is 8.22. The van der Waals surface area contributed by atoms with Crippen molar-refractivity contribution in [1.82, 2.24) is 26.6 Å². The number of benzene rings is 1. The summed E-state index contributed by atoms with van der Waals surface area (Å²) >= 11 is 0. The summed E-state index contributed by atoms with van der Waals surface area (Å²) < 4.78 is 0. The van der Waals surface area contributed by atoms with E-state index in [-0.39, 0.29) is 11.1 Å². The van der Waals surface area contributed by atoms with Gasteiger partial charge in [0.15, 0.2) is 0 Å². The minimum absolute atomic E-state index is 0.127. The van der Waals surface area contributed by atoms with Crippen molar-refractivity contribution in [2.45, 2.75) is 31.5 Å². The van der Waals surface area contributed by atoms with E-state index in [9.17, 15) is 4.79 Å². The summed E-state index contributed by atoms with van der Waals surface area (Å²) in [4.78, 5) is 11.0. The lowest BCUT2D eigenvalue weighted by Crippen LogP contribution is -2.58. The fourth-order valence-corrected chi connectivity index (χ4v) is 3.16. The zero-order valence-electron chi connectivity index (χ0n) is 17.1. The van der Waals surface area contributed by atoms with Gasteiger partial charge < -0.3 is 37.4 Å². The lowest BCUT2D eigenvalue weighted by atomic mass is 10.0. The molecule has 0 saturated carbocycles. The minimum Gasteiger partial charge on any atom is -0.478 e. The van der Waals surface area contributed by atoms with Gasteiger partial charge >= 0.3 is 5.97 Å². The summed E-state index contributed by atoms with van der Waals surface area (Å²) in [6.07, 6.45) is 0. The Morgan fingerprint density at radius 2 is 1.43 bits per heavy atom. The molecule has 0 unspecified atom stereocenters. The molecule has 8 heteroatoms. The molecule has 1 heterocycles. The SMILES string of the molecule is CC1(N)CNCCNCC(C)(NCc2ccc(C(=O)O)cc2)CNCCNC1. The molecule has 0 spiro atoms. The maximum atomic E-state index is 11.0. The maximum absolute atomic E-state index is 11.0. The van der Waals surface area contributed by atoms with Gasteiger partial charge in [-0.15, -0.1) is 0 Å². The van der Waals surface area contributed by atoms with Crippen LogP contribution in [0.15, 0.2) is 24.3 Å². The summed E-state index contributed by atoms with van der Waals surface area (Å²) in [5.41, 5.74) is 7.28. The average molecular weight is 393 g/mol. The van der Waals surface area contributed by atoms with E-state index in [4.69, 9.17) is 10.8 Å². The third-order valence-electron chi connectivity index (χ3n) is 4.97. The molecule has 1 aromatic carbocycles. The number of carbonyl (C=O) groups is 1. The molecule has 0 bridgehead atoms. The largest absolute Gasteiger partial charge is 0.478 e. The summed E-state index contributed by atoms with van der Waals surface area (Å²) in [6.45, 7) is 11.6. The number of nitrogens with one attached hydrogen (secondary N) is 5. The van der Waals surface area contributed by atoms with Crippen LogP contribution in [-0.4, -0.2) is 74.5 Å². The number of carboxylic acid groups (broad SMARTS) is 1. The van der Waals surface area contributed by atoms with Gasteiger partial charge in [-0.2, -0.15) is 0 Å². The van der Waals surface area contributed by atoms with E-state index in [2.05, 4.69) is 40.4 Å². The smallest absolute Gasteiger partial charge is 0.335 e. The van der Waals surface area contributed by atoms with Crippen molar-refractivity contribution < 1.29 is 9.90 Å². The maximum Gasteiger partial charge on any atom is 0.335 e. The Morgan fingerprint density at radius 1 is 0.964 bits per heavy atom. The Balaban J connectivity index is 1.88. The molecule has 0 radical (unpaired) electrons. The molecular formula is C20H36N6O2. The van der Waals surface area contributed by atoms with Crippen LogP contribution in [0.1, 0.15) is 29.8 Å². The minimum atomic E-state index is -0.900. The molecular weight excluding hydrogens is 356 g/mol. The zero-order chi connectivity index (χ0) is 20.5. The lowest BCUT2D eigenvalue weighted by Gasteiger charge is -2.33. The van der Waals surface area contributed by atoms with Crippen molar-refractivity contribution in [3.05, 3.63) is 35.4 Å². The van der Waals surface area contributed by atoms with Gasteiger partial charge in [0.2, 0.25) is 0 Å². The second-order valence-corrected chi connectivity index (χ2v) is 8.28. The summed E-state index contributed by atoms with van der Waals surface area (Å²) in [6, 6.07) is 7.02. The number of hydrogen-bond donors (Lipinski definition) is 7. The number of hydrogen-bond acceptors (Lipinski definition) is 7. The predicted molar refractivity (Wildman–Crippen MR) is 113 cm³/mol. The summed E-state index contributed by atoms with van der Waals surface area (Å²) in [7, 11) is 0. The van der Waals surface area contributed by atoms with E-state index < -0.39 is 5.97 Å². The van der Waals surface area contributed by atoms with E-state index >= 15 is 0 Å². The van der Waals surface area contributed by atoms with Crippen molar-refractivity contribution in [3.8, 4) is 0 Å². The Morgan fingerprint density at radius 3 is 1.89 bits per heavy atom. The van der Waals surface area contributed by atoms with Gasteiger partial charge in [-0.3, -0.25) is 0 Å². The van der Waals surface area contributed by atoms with Gasteiger partial charge in [-0.1, -0.05) is 12.1 Å². The van der Waals surface area contributed by atoms with E-state index in [0.29, 0.717) is 12.1 Å².